The van der Waals surface area contributed by atoms with Gasteiger partial charge < -0.3 is 9.47 Å². The number of hydrogen-bond donors (Lipinski definition) is 0. The Kier molecular flexibility index (Phi) is 4.88. The van der Waals surface area contributed by atoms with Crippen LogP contribution in [-0.2, 0) is 6.61 Å². The lowest BCUT2D eigenvalue weighted by molar-refractivity contribution is 0.101. The van der Waals surface area contributed by atoms with Gasteiger partial charge in [0, 0.05) is 6.07 Å². The molecule has 0 aliphatic carbocycles. The molecule has 3 aromatic carbocycles. The lowest BCUT2D eigenvalue weighted by atomic mass is 10.1. The van der Waals surface area contributed by atoms with Crippen molar-refractivity contribution in [2.75, 3.05) is 0 Å². The number of allylic oxidation sites excluding steroid dienone is 1. The first-order chi connectivity index (χ1) is 13.1. The monoisotopic (exact) mass is 396 g/mol. The summed E-state index contributed by atoms with van der Waals surface area (Å²) in [6.45, 7) is 0.330. The van der Waals surface area contributed by atoms with Gasteiger partial charge in [0.1, 0.15) is 18.1 Å². The van der Waals surface area contributed by atoms with Crippen LogP contribution in [0.3, 0.4) is 0 Å². The van der Waals surface area contributed by atoms with Gasteiger partial charge in [0.05, 0.1) is 15.6 Å². The van der Waals surface area contributed by atoms with Crippen LogP contribution >= 0.6 is 23.2 Å². The van der Waals surface area contributed by atoms with E-state index in [1.807, 2.05) is 36.4 Å². The molecule has 5 heteroatoms. The topological polar surface area (TPSA) is 35.5 Å². The van der Waals surface area contributed by atoms with Crippen LogP contribution in [0.25, 0.3) is 6.08 Å². The first-order valence-corrected chi connectivity index (χ1v) is 9.06. The molecule has 4 rings (SSSR count). The second-order valence-corrected chi connectivity index (χ2v) is 6.86. The number of halogens is 2. The first kappa shape index (κ1) is 17.7. The van der Waals surface area contributed by atoms with E-state index in [9.17, 15) is 4.79 Å². The molecule has 27 heavy (non-hydrogen) atoms. The highest BCUT2D eigenvalue weighted by Gasteiger charge is 2.27. The quantitative estimate of drug-likeness (QED) is 0.493. The van der Waals surface area contributed by atoms with Gasteiger partial charge in [-0.25, -0.2) is 0 Å². The number of rotatable bonds is 4. The molecule has 1 aliphatic heterocycles. The van der Waals surface area contributed by atoms with Gasteiger partial charge in [-0.2, -0.15) is 0 Å². The van der Waals surface area contributed by atoms with Crippen molar-refractivity contribution in [3.63, 3.8) is 0 Å². The molecule has 1 aliphatic rings. The molecule has 0 fully saturated rings. The van der Waals surface area contributed by atoms with Gasteiger partial charge in [0.15, 0.2) is 5.76 Å². The molecule has 0 amide bonds. The van der Waals surface area contributed by atoms with Crippen LogP contribution in [0.4, 0.5) is 0 Å². The summed E-state index contributed by atoms with van der Waals surface area (Å²) in [7, 11) is 0. The van der Waals surface area contributed by atoms with Crippen molar-refractivity contribution >= 4 is 35.1 Å². The molecule has 3 nitrogen and oxygen atoms in total. The Morgan fingerprint density at radius 1 is 0.926 bits per heavy atom. The molecule has 0 saturated heterocycles. The Labute approximate surface area is 166 Å². The average Bonchev–Trinajstić information content (AvgIpc) is 2.98. The summed E-state index contributed by atoms with van der Waals surface area (Å²) in [5.74, 6) is 1.27. The van der Waals surface area contributed by atoms with Crippen LogP contribution < -0.4 is 9.47 Å². The van der Waals surface area contributed by atoms with Gasteiger partial charge in [-0.3, -0.25) is 4.79 Å². The zero-order chi connectivity index (χ0) is 18.8. The maximum Gasteiger partial charge on any atom is 0.231 e. The van der Waals surface area contributed by atoms with Gasteiger partial charge in [0.2, 0.25) is 5.78 Å². The summed E-state index contributed by atoms with van der Waals surface area (Å²) in [6.07, 6.45) is 1.73. The SMILES string of the molecule is O=C1C(=Cc2ccccc2)Oc2cc(OCc3ccc(Cl)c(Cl)c3)ccc21. The predicted molar refractivity (Wildman–Crippen MR) is 107 cm³/mol. The minimum absolute atomic E-state index is 0.134. The zero-order valence-electron chi connectivity index (χ0n) is 14.1. The summed E-state index contributed by atoms with van der Waals surface area (Å²) < 4.78 is 11.5. The number of Topliss-reactive ketones (excluding diaryl/α,β-unsaturated/α-hetero) is 1. The Morgan fingerprint density at radius 2 is 1.74 bits per heavy atom. The van der Waals surface area contributed by atoms with E-state index in [1.165, 1.54) is 0 Å². The van der Waals surface area contributed by atoms with Crippen molar-refractivity contribution in [2.24, 2.45) is 0 Å². The molecule has 1 heterocycles. The van der Waals surface area contributed by atoms with Gasteiger partial charge in [-0.15, -0.1) is 0 Å². The van der Waals surface area contributed by atoms with E-state index in [1.54, 1.807) is 36.4 Å². The summed E-state index contributed by atoms with van der Waals surface area (Å²) in [5.41, 5.74) is 2.33. The Balaban J connectivity index is 1.50. The number of carbonyl (C=O) groups is 1. The Hall–Kier alpha value is -2.75. The minimum atomic E-state index is -0.134. The van der Waals surface area contributed by atoms with Crippen LogP contribution in [0.15, 0.2) is 72.5 Å². The van der Waals surface area contributed by atoms with E-state index in [2.05, 4.69) is 0 Å². The number of benzene rings is 3. The standard InChI is InChI=1S/C22H14Cl2O3/c23-18-9-6-15(10-19(18)24)13-26-16-7-8-17-20(12-16)27-21(22(17)25)11-14-4-2-1-3-5-14/h1-12H,13H2. The second-order valence-electron chi connectivity index (χ2n) is 6.05. The molecular weight excluding hydrogens is 383 g/mol. The van der Waals surface area contributed by atoms with E-state index in [0.717, 1.165) is 11.1 Å². The van der Waals surface area contributed by atoms with Crippen LogP contribution in [0.2, 0.25) is 10.0 Å². The molecule has 0 unspecified atom stereocenters. The van der Waals surface area contributed by atoms with Crippen LogP contribution in [0.5, 0.6) is 11.5 Å². The molecule has 0 atom stereocenters. The first-order valence-electron chi connectivity index (χ1n) is 8.30. The van der Waals surface area contributed by atoms with E-state index in [-0.39, 0.29) is 5.78 Å². The highest BCUT2D eigenvalue weighted by molar-refractivity contribution is 6.42. The Morgan fingerprint density at radius 3 is 2.52 bits per heavy atom. The summed E-state index contributed by atoms with van der Waals surface area (Å²) in [5, 5.41) is 0.985. The molecule has 0 saturated carbocycles. The normalized spacial score (nSPS) is 14.1. The smallest absolute Gasteiger partial charge is 0.231 e. The number of fused-ring (bicyclic) bond motifs is 1. The van der Waals surface area contributed by atoms with E-state index >= 15 is 0 Å². The van der Waals surface area contributed by atoms with Crippen molar-refractivity contribution in [2.45, 2.75) is 6.61 Å². The zero-order valence-corrected chi connectivity index (χ0v) is 15.6. The third kappa shape index (κ3) is 3.85. The van der Waals surface area contributed by atoms with Gasteiger partial charge in [0.25, 0.3) is 0 Å². The van der Waals surface area contributed by atoms with Crippen LogP contribution in [0, 0.1) is 0 Å². The van der Waals surface area contributed by atoms with Crippen LogP contribution in [-0.4, -0.2) is 5.78 Å². The summed E-state index contributed by atoms with van der Waals surface area (Å²) >= 11 is 11.9. The number of carbonyl (C=O) groups excluding carboxylic acids is 1. The third-order valence-corrected chi connectivity index (χ3v) is 4.87. The fourth-order valence-corrected chi connectivity index (χ4v) is 3.07. The number of hydrogen-bond acceptors (Lipinski definition) is 3. The molecule has 0 N–H and O–H groups in total. The minimum Gasteiger partial charge on any atom is -0.489 e. The fourth-order valence-electron chi connectivity index (χ4n) is 2.75. The fraction of sp³-hybridized carbons (Fsp3) is 0.0455. The van der Waals surface area contributed by atoms with Crippen molar-refractivity contribution < 1.29 is 14.3 Å². The lowest BCUT2D eigenvalue weighted by Crippen LogP contribution is -1.97. The van der Waals surface area contributed by atoms with E-state index in [4.69, 9.17) is 32.7 Å². The number of ether oxygens (including phenoxy) is 2. The molecule has 0 aromatic heterocycles. The third-order valence-electron chi connectivity index (χ3n) is 4.13. The predicted octanol–water partition coefficient (Wildman–Crippen LogP) is 6.19. The highest BCUT2D eigenvalue weighted by atomic mass is 35.5. The molecular formula is C22H14Cl2O3. The molecule has 134 valence electrons. The maximum atomic E-state index is 12.5. The van der Waals surface area contributed by atoms with Gasteiger partial charge in [-0.05, 0) is 41.5 Å². The van der Waals surface area contributed by atoms with Crippen molar-refractivity contribution in [1.29, 1.82) is 0 Å². The van der Waals surface area contributed by atoms with E-state index < -0.39 is 0 Å². The van der Waals surface area contributed by atoms with E-state index in [0.29, 0.717) is 39.5 Å². The van der Waals surface area contributed by atoms with Crippen molar-refractivity contribution in [3.8, 4) is 11.5 Å². The largest absolute Gasteiger partial charge is 0.489 e. The highest BCUT2D eigenvalue weighted by Crippen LogP contribution is 2.35. The summed E-state index contributed by atoms with van der Waals surface area (Å²) in [4.78, 5) is 12.5. The van der Waals surface area contributed by atoms with Crippen LogP contribution in [0.1, 0.15) is 21.5 Å². The molecule has 3 aromatic rings. The second kappa shape index (κ2) is 7.47. The van der Waals surface area contributed by atoms with Gasteiger partial charge in [-0.1, -0.05) is 59.6 Å². The number of ketones is 1. The maximum absolute atomic E-state index is 12.5. The Bertz CT molecular complexity index is 1040. The van der Waals surface area contributed by atoms with Crippen molar-refractivity contribution in [3.05, 3.63) is 99.2 Å². The average molecular weight is 397 g/mol. The molecule has 0 radical (unpaired) electrons. The van der Waals surface area contributed by atoms with Gasteiger partial charge >= 0.3 is 0 Å². The molecule has 0 spiro atoms. The summed E-state index contributed by atoms with van der Waals surface area (Å²) in [6, 6.07) is 20.1. The molecule has 0 bridgehead atoms. The van der Waals surface area contributed by atoms with Crippen molar-refractivity contribution in [1.82, 2.24) is 0 Å². The lowest BCUT2D eigenvalue weighted by Gasteiger charge is -2.08.